The Morgan fingerprint density at radius 2 is 1.78 bits per heavy atom. The Morgan fingerprint density at radius 3 is 2.37 bits per heavy atom. The zero-order valence-corrected chi connectivity index (χ0v) is 24.0. The Bertz CT molecular complexity index is 1280. The highest BCUT2D eigenvalue weighted by molar-refractivity contribution is 6.05. The number of nitrogens with one attached hydrogen (secondary N) is 1. The normalized spacial score (nSPS) is 19.5. The molecule has 0 radical (unpaired) electrons. The second-order valence-corrected chi connectivity index (χ2v) is 11.1. The summed E-state index contributed by atoms with van der Waals surface area (Å²) in [7, 11) is 0. The second kappa shape index (κ2) is 12.1. The molecule has 2 aromatic carbocycles. The minimum Gasteiger partial charge on any atom is -0.471 e. The summed E-state index contributed by atoms with van der Waals surface area (Å²) in [6.07, 6.45) is -0.276. The van der Waals surface area contributed by atoms with Crippen LogP contribution in [0.5, 0.6) is 5.75 Å². The molecule has 1 N–H and O–H groups in total. The molecule has 1 fully saturated rings. The third-order valence-corrected chi connectivity index (χ3v) is 7.96. The number of carbonyl (C=O) groups is 3. The summed E-state index contributed by atoms with van der Waals surface area (Å²) in [6, 6.07) is 10.0. The van der Waals surface area contributed by atoms with Gasteiger partial charge in [0.1, 0.15) is 5.75 Å². The van der Waals surface area contributed by atoms with Crippen LogP contribution in [-0.2, 0) is 21.4 Å². The molecule has 2 aliphatic rings. The Morgan fingerprint density at radius 1 is 1.12 bits per heavy atom. The van der Waals surface area contributed by atoms with Gasteiger partial charge >= 0.3 is 6.18 Å². The van der Waals surface area contributed by atoms with Crippen LogP contribution in [0.2, 0.25) is 0 Å². The molecule has 0 aromatic heterocycles. The van der Waals surface area contributed by atoms with Gasteiger partial charge < -0.3 is 19.9 Å². The van der Waals surface area contributed by atoms with Gasteiger partial charge in [-0.2, -0.15) is 13.2 Å². The standard InChI is InChI=1S/C31H38F3N3O4/c1-5-27(38)35-16-17-36-25-18-23(28(39)37(20(2)3)22-14-10-7-11-15-22)24(31(32,33)34)19-26(25)41-30(4,29(36)40)21-12-8-6-9-13-21/h6,8-9,12-13,18-20,22H,5,7,10-11,14-17H2,1-4H3,(H,35,38). The van der Waals surface area contributed by atoms with Gasteiger partial charge in [0.05, 0.1) is 16.8 Å². The first kappa shape index (κ1) is 30.4. The van der Waals surface area contributed by atoms with Crippen LogP contribution in [0, 0.1) is 0 Å². The molecule has 3 amide bonds. The average Bonchev–Trinajstić information content (AvgIpc) is 2.94. The van der Waals surface area contributed by atoms with Crippen LogP contribution >= 0.6 is 0 Å². The van der Waals surface area contributed by atoms with Crippen molar-refractivity contribution >= 4 is 23.4 Å². The fourth-order valence-electron chi connectivity index (χ4n) is 5.82. The molecule has 1 aliphatic carbocycles. The maximum atomic E-state index is 14.6. The van der Waals surface area contributed by atoms with Crippen LogP contribution in [0.25, 0.3) is 0 Å². The quantitative estimate of drug-likeness (QED) is 0.417. The molecule has 7 nitrogen and oxygen atoms in total. The highest BCUT2D eigenvalue weighted by atomic mass is 19.4. The molecule has 1 atom stereocenters. The van der Waals surface area contributed by atoms with Gasteiger partial charge in [-0.15, -0.1) is 0 Å². The zero-order chi connectivity index (χ0) is 29.9. The van der Waals surface area contributed by atoms with E-state index in [0.29, 0.717) is 5.56 Å². The molecule has 0 saturated heterocycles. The lowest BCUT2D eigenvalue weighted by Crippen LogP contribution is -2.54. The molecule has 1 saturated carbocycles. The van der Waals surface area contributed by atoms with Crippen molar-refractivity contribution < 1.29 is 32.3 Å². The first-order valence-electron chi connectivity index (χ1n) is 14.3. The molecule has 1 unspecified atom stereocenters. The van der Waals surface area contributed by atoms with Gasteiger partial charge in [-0.25, -0.2) is 0 Å². The molecule has 2 aromatic rings. The third kappa shape index (κ3) is 6.21. The minimum atomic E-state index is -4.84. The topological polar surface area (TPSA) is 79.0 Å². The fourth-order valence-corrected chi connectivity index (χ4v) is 5.82. The van der Waals surface area contributed by atoms with E-state index >= 15 is 0 Å². The van der Waals surface area contributed by atoms with E-state index < -0.39 is 34.7 Å². The lowest BCUT2D eigenvalue weighted by Gasteiger charge is -2.42. The van der Waals surface area contributed by atoms with Crippen LogP contribution in [-0.4, -0.2) is 47.8 Å². The van der Waals surface area contributed by atoms with Crippen LogP contribution in [0.15, 0.2) is 42.5 Å². The summed E-state index contributed by atoms with van der Waals surface area (Å²) in [5.74, 6) is -1.60. The summed E-state index contributed by atoms with van der Waals surface area (Å²) < 4.78 is 49.7. The largest absolute Gasteiger partial charge is 0.471 e. The lowest BCUT2D eigenvalue weighted by molar-refractivity contribution is -0.138. The predicted molar refractivity (Wildman–Crippen MR) is 150 cm³/mol. The highest BCUT2D eigenvalue weighted by Crippen LogP contribution is 2.47. The molecule has 222 valence electrons. The molecule has 1 aliphatic heterocycles. The van der Waals surface area contributed by atoms with E-state index in [-0.39, 0.29) is 48.9 Å². The number of carbonyl (C=O) groups excluding carboxylic acids is 3. The van der Waals surface area contributed by atoms with Gasteiger partial charge in [0.15, 0.2) is 0 Å². The zero-order valence-electron chi connectivity index (χ0n) is 24.0. The van der Waals surface area contributed by atoms with Crippen LogP contribution in [0.3, 0.4) is 0 Å². The number of hydrogen-bond donors (Lipinski definition) is 1. The van der Waals surface area contributed by atoms with Crippen molar-refractivity contribution in [2.75, 3.05) is 18.0 Å². The lowest BCUT2D eigenvalue weighted by atomic mass is 9.90. The Balaban J connectivity index is 1.85. The van der Waals surface area contributed by atoms with E-state index in [9.17, 15) is 27.6 Å². The van der Waals surface area contributed by atoms with E-state index in [1.54, 1.807) is 56.0 Å². The smallest absolute Gasteiger partial charge is 0.417 e. The van der Waals surface area contributed by atoms with Crippen LogP contribution in [0.1, 0.15) is 87.7 Å². The van der Waals surface area contributed by atoms with Crippen LogP contribution in [0.4, 0.5) is 18.9 Å². The number of benzene rings is 2. The number of halogens is 3. The van der Waals surface area contributed by atoms with E-state index in [1.165, 1.54) is 11.8 Å². The van der Waals surface area contributed by atoms with Crippen molar-refractivity contribution in [3.05, 3.63) is 59.2 Å². The van der Waals surface area contributed by atoms with E-state index in [1.807, 2.05) is 0 Å². The number of hydrogen-bond acceptors (Lipinski definition) is 4. The molecular weight excluding hydrogens is 535 g/mol. The third-order valence-electron chi connectivity index (χ3n) is 7.96. The Labute approximate surface area is 239 Å². The van der Waals surface area contributed by atoms with Crippen LogP contribution < -0.4 is 15.0 Å². The van der Waals surface area contributed by atoms with Gasteiger partial charge in [-0.3, -0.25) is 14.4 Å². The average molecular weight is 574 g/mol. The Hall–Kier alpha value is -3.56. The first-order chi connectivity index (χ1) is 19.4. The minimum absolute atomic E-state index is 0.0150. The first-order valence-corrected chi connectivity index (χ1v) is 14.3. The van der Waals surface area contributed by atoms with Gasteiger partial charge in [0.25, 0.3) is 11.8 Å². The fraction of sp³-hybridized carbons (Fsp3) is 0.516. The van der Waals surface area contributed by atoms with Crippen molar-refractivity contribution in [1.82, 2.24) is 10.2 Å². The highest BCUT2D eigenvalue weighted by Gasteiger charge is 2.48. The van der Waals surface area contributed by atoms with E-state index in [2.05, 4.69) is 5.32 Å². The summed E-state index contributed by atoms with van der Waals surface area (Å²) in [5, 5.41) is 2.72. The van der Waals surface area contributed by atoms with Gasteiger partial charge in [0.2, 0.25) is 11.5 Å². The molecule has 4 rings (SSSR count). The summed E-state index contributed by atoms with van der Waals surface area (Å²) in [5.41, 5.74) is -2.71. The molecule has 1 heterocycles. The van der Waals surface area contributed by atoms with Crippen molar-refractivity contribution in [3.63, 3.8) is 0 Å². The number of nitrogens with zero attached hydrogens (tertiary/aromatic N) is 2. The van der Waals surface area contributed by atoms with E-state index in [4.69, 9.17) is 4.74 Å². The maximum Gasteiger partial charge on any atom is 0.417 e. The molecule has 0 bridgehead atoms. The van der Waals surface area contributed by atoms with Gasteiger partial charge in [0, 0.05) is 37.2 Å². The molecule has 0 spiro atoms. The van der Waals surface area contributed by atoms with Crippen molar-refractivity contribution in [2.24, 2.45) is 0 Å². The van der Waals surface area contributed by atoms with Crippen molar-refractivity contribution in [1.29, 1.82) is 0 Å². The maximum absolute atomic E-state index is 14.6. The second-order valence-electron chi connectivity index (χ2n) is 11.1. The van der Waals surface area contributed by atoms with Gasteiger partial charge in [-0.1, -0.05) is 56.5 Å². The molecular formula is C31H38F3N3O4. The van der Waals surface area contributed by atoms with Gasteiger partial charge in [-0.05, 0) is 45.7 Å². The monoisotopic (exact) mass is 573 g/mol. The molecule has 41 heavy (non-hydrogen) atoms. The SMILES string of the molecule is CCC(=O)NCCN1C(=O)C(C)(c2ccccc2)Oc2cc(C(F)(F)F)c(C(=O)N(C(C)C)C3CCCCC3)cc21. The predicted octanol–water partition coefficient (Wildman–Crippen LogP) is 6.06. The van der Waals surface area contributed by atoms with Crippen molar-refractivity contribution in [2.45, 2.75) is 90.1 Å². The van der Waals surface area contributed by atoms with E-state index in [0.717, 1.165) is 44.2 Å². The number of rotatable bonds is 8. The summed E-state index contributed by atoms with van der Waals surface area (Å²) in [6.45, 7) is 6.88. The molecule has 10 heteroatoms. The number of amides is 3. The van der Waals surface area contributed by atoms with Crippen molar-refractivity contribution in [3.8, 4) is 5.75 Å². The summed E-state index contributed by atoms with van der Waals surface area (Å²) in [4.78, 5) is 42.7. The summed E-state index contributed by atoms with van der Waals surface area (Å²) >= 11 is 0. The number of fused-ring (bicyclic) bond motifs is 1. The number of alkyl halides is 3. The number of anilines is 1. The Kier molecular flexibility index (Phi) is 8.99. The number of ether oxygens (including phenoxy) is 1.